The molecule has 96 valence electrons. The van der Waals surface area contributed by atoms with Crippen LogP contribution in [0.1, 0.15) is 35.3 Å². The molecule has 2 heterocycles. The maximum Gasteiger partial charge on any atom is 0.357 e. The molecule has 0 aliphatic heterocycles. The first-order valence-electron chi connectivity index (χ1n) is 5.63. The topological polar surface area (TPSA) is 51.2 Å². The zero-order valence-electron chi connectivity index (χ0n) is 10.2. The van der Waals surface area contributed by atoms with E-state index < -0.39 is 0 Å². The molecule has 0 saturated heterocycles. The highest BCUT2D eigenvalue weighted by molar-refractivity contribution is 7.14. The first kappa shape index (κ1) is 13.0. The van der Waals surface area contributed by atoms with E-state index in [4.69, 9.17) is 4.74 Å². The van der Waals surface area contributed by atoms with Gasteiger partial charge in [-0.25, -0.2) is 9.78 Å². The molecule has 0 radical (unpaired) electrons. The summed E-state index contributed by atoms with van der Waals surface area (Å²) in [7, 11) is 0. The van der Waals surface area contributed by atoms with E-state index in [9.17, 15) is 4.79 Å². The van der Waals surface area contributed by atoms with Gasteiger partial charge in [-0.05, 0) is 25.3 Å². The molecule has 0 aliphatic rings. The van der Waals surface area contributed by atoms with Crippen molar-refractivity contribution in [1.82, 2.24) is 4.98 Å². The second-order valence-electron chi connectivity index (χ2n) is 3.64. The SMILES string of the molecule is CCOC(=O)c1csc(NC(C)c2cccs2)n1. The molecule has 6 heteroatoms. The number of nitrogens with one attached hydrogen (secondary N) is 1. The lowest BCUT2D eigenvalue weighted by Crippen LogP contribution is -2.07. The average molecular weight is 282 g/mol. The molecule has 0 bridgehead atoms. The van der Waals surface area contributed by atoms with Crippen LogP contribution in [-0.2, 0) is 4.74 Å². The molecule has 1 atom stereocenters. The fraction of sp³-hybridized carbons (Fsp3) is 0.333. The number of nitrogens with zero attached hydrogens (tertiary/aromatic N) is 1. The Kier molecular flexibility index (Phi) is 4.33. The highest BCUT2D eigenvalue weighted by Crippen LogP contribution is 2.25. The number of ether oxygens (including phenoxy) is 1. The number of thiazole rings is 1. The third-order valence-electron chi connectivity index (χ3n) is 2.30. The van der Waals surface area contributed by atoms with Gasteiger partial charge in [0.15, 0.2) is 10.8 Å². The number of hydrogen-bond acceptors (Lipinski definition) is 6. The van der Waals surface area contributed by atoms with Gasteiger partial charge in [-0.2, -0.15) is 0 Å². The molecule has 0 amide bonds. The van der Waals surface area contributed by atoms with Crippen molar-refractivity contribution < 1.29 is 9.53 Å². The van der Waals surface area contributed by atoms with Crippen molar-refractivity contribution in [2.45, 2.75) is 19.9 Å². The van der Waals surface area contributed by atoms with E-state index in [1.165, 1.54) is 16.2 Å². The van der Waals surface area contributed by atoms with Gasteiger partial charge in [-0.1, -0.05) is 6.07 Å². The van der Waals surface area contributed by atoms with Crippen LogP contribution in [0, 0.1) is 0 Å². The van der Waals surface area contributed by atoms with E-state index in [0.29, 0.717) is 12.3 Å². The molecule has 2 aromatic heterocycles. The fourth-order valence-corrected chi connectivity index (χ4v) is 2.94. The van der Waals surface area contributed by atoms with E-state index in [2.05, 4.69) is 23.3 Å². The molecule has 0 spiro atoms. The van der Waals surface area contributed by atoms with Gasteiger partial charge in [0.2, 0.25) is 0 Å². The average Bonchev–Trinajstić information content (AvgIpc) is 2.99. The molecule has 18 heavy (non-hydrogen) atoms. The number of esters is 1. The zero-order chi connectivity index (χ0) is 13.0. The standard InChI is InChI=1S/C12H14N2O2S2/c1-3-16-11(15)9-7-18-12(14-9)13-8(2)10-5-4-6-17-10/h4-8H,3H2,1-2H3,(H,13,14). The van der Waals surface area contributed by atoms with Gasteiger partial charge < -0.3 is 10.1 Å². The maximum absolute atomic E-state index is 11.5. The molecule has 0 saturated carbocycles. The van der Waals surface area contributed by atoms with Crippen molar-refractivity contribution in [3.63, 3.8) is 0 Å². The number of thiophene rings is 1. The summed E-state index contributed by atoms with van der Waals surface area (Å²) in [5, 5.41) is 7.76. The molecular formula is C12H14N2O2S2. The lowest BCUT2D eigenvalue weighted by atomic mass is 10.3. The van der Waals surface area contributed by atoms with Crippen LogP contribution < -0.4 is 5.32 Å². The Morgan fingerprint density at radius 2 is 2.39 bits per heavy atom. The van der Waals surface area contributed by atoms with Gasteiger partial charge in [0.25, 0.3) is 0 Å². The minimum atomic E-state index is -0.370. The van der Waals surface area contributed by atoms with Crippen LogP contribution in [0.15, 0.2) is 22.9 Å². The molecule has 4 nitrogen and oxygen atoms in total. The van der Waals surface area contributed by atoms with Crippen LogP contribution in [0.25, 0.3) is 0 Å². The molecule has 0 fully saturated rings. The summed E-state index contributed by atoms with van der Waals surface area (Å²) in [4.78, 5) is 16.9. The normalized spacial score (nSPS) is 12.1. The molecule has 1 unspecified atom stereocenters. The van der Waals surface area contributed by atoms with Gasteiger partial charge >= 0.3 is 5.97 Å². The third-order valence-corrected chi connectivity index (χ3v) is 4.13. The molecule has 0 aromatic carbocycles. The lowest BCUT2D eigenvalue weighted by molar-refractivity contribution is 0.0520. The number of anilines is 1. The molecule has 2 rings (SSSR count). The second kappa shape index (κ2) is 5.97. The molecular weight excluding hydrogens is 268 g/mol. The summed E-state index contributed by atoms with van der Waals surface area (Å²) < 4.78 is 4.90. The fourth-order valence-electron chi connectivity index (χ4n) is 1.43. The summed E-state index contributed by atoms with van der Waals surface area (Å²) in [5.74, 6) is -0.370. The highest BCUT2D eigenvalue weighted by atomic mass is 32.1. The van der Waals surface area contributed by atoms with Gasteiger partial charge in [-0.15, -0.1) is 22.7 Å². The third kappa shape index (κ3) is 3.08. The van der Waals surface area contributed by atoms with Crippen molar-refractivity contribution in [2.24, 2.45) is 0 Å². The first-order chi connectivity index (χ1) is 8.70. The van der Waals surface area contributed by atoms with E-state index in [1.54, 1.807) is 23.6 Å². The van der Waals surface area contributed by atoms with Crippen molar-refractivity contribution in [2.75, 3.05) is 11.9 Å². The first-order valence-corrected chi connectivity index (χ1v) is 7.39. The maximum atomic E-state index is 11.5. The Morgan fingerprint density at radius 1 is 1.56 bits per heavy atom. The van der Waals surface area contributed by atoms with Gasteiger partial charge in [0.05, 0.1) is 12.6 Å². The summed E-state index contributed by atoms with van der Waals surface area (Å²) in [5.41, 5.74) is 0.364. The van der Waals surface area contributed by atoms with Crippen molar-refractivity contribution in [3.05, 3.63) is 33.5 Å². The van der Waals surface area contributed by atoms with Gasteiger partial charge in [0.1, 0.15) is 0 Å². The van der Waals surface area contributed by atoms with E-state index >= 15 is 0 Å². The Morgan fingerprint density at radius 3 is 3.06 bits per heavy atom. The Balaban J connectivity index is 2.00. The van der Waals surface area contributed by atoms with Crippen LogP contribution in [-0.4, -0.2) is 17.6 Å². The largest absolute Gasteiger partial charge is 0.461 e. The predicted molar refractivity (Wildman–Crippen MR) is 74.4 cm³/mol. The number of carbonyl (C=O) groups is 1. The summed E-state index contributed by atoms with van der Waals surface area (Å²) in [6.45, 7) is 4.21. The second-order valence-corrected chi connectivity index (χ2v) is 5.48. The summed E-state index contributed by atoms with van der Waals surface area (Å²) in [6.07, 6.45) is 0. The van der Waals surface area contributed by atoms with E-state index in [-0.39, 0.29) is 12.0 Å². The quantitative estimate of drug-likeness (QED) is 0.852. The molecule has 1 N–H and O–H groups in total. The van der Waals surface area contributed by atoms with E-state index in [0.717, 1.165) is 5.13 Å². The number of aromatic nitrogens is 1. The van der Waals surface area contributed by atoms with Gasteiger partial charge in [-0.3, -0.25) is 0 Å². The van der Waals surface area contributed by atoms with Crippen LogP contribution >= 0.6 is 22.7 Å². The highest BCUT2D eigenvalue weighted by Gasteiger charge is 2.13. The van der Waals surface area contributed by atoms with Crippen molar-refractivity contribution >= 4 is 33.8 Å². The predicted octanol–water partition coefficient (Wildman–Crippen LogP) is 3.55. The summed E-state index contributed by atoms with van der Waals surface area (Å²) >= 11 is 3.11. The van der Waals surface area contributed by atoms with Crippen LogP contribution in [0.2, 0.25) is 0 Å². The van der Waals surface area contributed by atoms with Crippen molar-refractivity contribution in [1.29, 1.82) is 0 Å². The Hall–Kier alpha value is -1.40. The zero-order valence-corrected chi connectivity index (χ0v) is 11.8. The molecule has 2 aromatic rings. The van der Waals surface area contributed by atoms with Gasteiger partial charge in [0, 0.05) is 10.3 Å². The number of rotatable bonds is 5. The van der Waals surface area contributed by atoms with Crippen molar-refractivity contribution in [3.8, 4) is 0 Å². The smallest absolute Gasteiger partial charge is 0.357 e. The minimum absolute atomic E-state index is 0.186. The summed E-state index contributed by atoms with van der Waals surface area (Å²) in [6, 6.07) is 4.28. The number of carbonyl (C=O) groups excluding carboxylic acids is 1. The molecule has 0 aliphatic carbocycles. The minimum Gasteiger partial charge on any atom is -0.461 e. The van der Waals surface area contributed by atoms with Crippen LogP contribution in [0.5, 0.6) is 0 Å². The lowest BCUT2D eigenvalue weighted by Gasteiger charge is -2.10. The Bertz CT molecular complexity index is 508. The van der Waals surface area contributed by atoms with Crippen LogP contribution in [0.4, 0.5) is 5.13 Å². The monoisotopic (exact) mass is 282 g/mol. The van der Waals surface area contributed by atoms with E-state index in [1.807, 2.05) is 11.4 Å². The number of hydrogen-bond donors (Lipinski definition) is 1. The Labute approximate surface area is 114 Å². The van der Waals surface area contributed by atoms with Crippen LogP contribution in [0.3, 0.4) is 0 Å².